The van der Waals surface area contributed by atoms with Crippen molar-refractivity contribution in [3.8, 4) is 0 Å². The Morgan fingerprint density at radius 1 is 1.65 bits per heavy atom. The van der Waals surface area contributed by atoms with Gasteiger partial charge in [0.15, 0.2) is 0 Å². The lowest BCUT2D eigenvalue weighted by Crippen LogP contribution is -2.39. The van der Waals surface area contributed by atoms with Crippen molar-refractivity contribution in [3.63, 3.8) is 0 Å². The highest BCUT2D eigenvalue weighted by molar-refractivity contribution is 9.10. The number of carbonyl (C=O) groups excluding carboxylic acids is 1. The zero-order valence-corrected chi connectivity index (χ0v) is 10.8. The molecule has 0 radical (unpaired) electrons. The normalized spacial score (nSPS) is 11.6. The number of aliphatic hydroxyl groups is 1. The number of hydrogen-bond acceptors (Lipinski definition) is 2. The molecule has 4 nitrogen and oxygen atoms in total. The molecule has 0 aliphatic carbocycles. The third-order valence-electron chi connectivity index (χ3n) is 2.18. The standard InChI is InChI=1S/C10H13BrF2N2O2/c1-2-15-4-7(11)3-8(15)9(17)14-5-10(12,13)6-16/h3-4,16H,2,5-6H2,1H3,(H,14,17). The van der Waals surface area contributed by atoms with E-state index < -0.39 is 25.0 Å². The number of nitrogens with zero attached hydrogens (tertiary/aromatic N) is 1. The molecule has 1 heterocycles. The number of aryl methyl sites for hydroxylation is 1. The Bertz CT molecular complexity index is 407. The minimum absolute atomic E-state index is 0.299. The second kappa shape index (κ2) is 5.59. The monoisotopic (exact) mass is 310 g/mol. The number of nitrogens with one attached hydrogen (secondary N) is 1. The van der Waals surface area contributed by atoms with Crippen LogP contribution in [0.15, 0.2) is 16.7 Å². The summed E-state index contributed by atoms with van der Waals surface area (Å²) in [5.41, 5.74) is 0.299. The van der Waals surface area contributed by atoms with Crippen LogP contribution < -0.4 is 5.32 Å². The molecule has 0 aliphatic rings. The fourth-order valence-electron chi connectivity index (χ4n) is 1.28. The summed E-state index contributed by atoms with van der Waals surface area (Å²) in [6.07, 6.45) is 1.69. The van der Waals surface area contributed by atoms with Gasteiger partial charge in [0, 0.05) is 17.2 Å². The van der Waals surface area contributed by atoms with Crippen LogP contribution in [0.5, 0.6) is 0 Å². The van der Waals surface area contributed by atoms with E-state index in [2.05, 4.69) is 21.2 Å². The first-order chi connectivity index (χ1) is 7.89. The molecule has 1 aromatic heterocycles. The molecule has 17 heavy (non-hydrogen) atoms. The summed E-state index contributed by atoms with van der Waals surface area (Å²) in [5, 5.41) is 10.5. The number of rotatable bonds is 5. The number of alkyl halides is 2. The smallest absolute Gasteiger partial charge is 0.287 e. The van der Waals surface area contributed by atoms with Crippen molar-refractivity contribution in [2.24, 2.45) is 0 Å². The molecule has 7 heteroatoms. The lowest BCUT2D eigenvalue weighted by Gasteiger charge is -2.14. The molecular weight excluding hydrogens is 298 g/mol. The molecule has 1 aromatic rings. The van der Waals surface area contributed by atoms with Gasteiger partial charge in [0.2, 0.25) is 0 Å². The molecule has 96 valence electrons. The highest BCUT2D eigenvalue weighted by Gasteiger charge is 2.28. The average molecular weight is 311 g/mol. The zero-order valence-electron chi connectivity index (χ0n) is 9.21. The van der Waals surface area contributed by atoms with Crippen LogP contribution in [-0.2, 0) is 6.54 Å². The van der Waals surface area contributed by atoms with E-state index >= 15 is 0 Å². The molecule has 0 bridgehead atoms. The molecule has 0 saturated carbocycles. The average Bonchev–Trinajstić information content (AvgIpc) is 2.67. The van der Waals surface area contributed by atoms with E-state index in [1.54, 1.807) is 16.8 Å². The van der Waals surface area contributed by atoms with Gasteiger partial charge in [-0.05, 0) is 28.9 Å². The summed E-state index contributed by atoms with van der Waals surface area (Å²) in [6.45, 7) is 0.233. The number of aliphatic hydroxyl groups excluding tert-OH is 1. The molecule has 0 atom stereocenters. The fraction of sp³-hybridized carbons (Fsp3) is 0.500. The number of hydrogen-bond donors (Lipinski definition) is 2. The molecule has 1 amide bonds. The summed E-state index contributed by atoms with van der Waals surface area (Å²) in [5.74, 6) is -3.89. The molecule has 0 unspecified atom stereocenters. The van der Waals surface area contributed by atoms with E-state index in [0.717, 1.165) is 0 Å². The highest BCUT2D eigenvalue weighted by atomic mass is 79.9. The van der Waals surface area contributed by atoms with Crippen LogP contribution in [0.1, 0.15) is 17.4 Å². The largest absolute Gasteiger partial charge is 0.390 e. The molecule has 0 fully saturated rings. The minimum Gasteiger partial charge on any atom is -0.390 e. The maximum Gasteiger partial charge on any atom is 0.287 e. The van der Waals surface area contributed by atoms with Gasteiger partial charge in [-0.1, -0.05) is 0 Å². The summed E-state index contributed by atoms with van der Waals surface area (Å²) in [6, 6.07) is 1.55. The van der Waals surface area contributed by atoms with Crippen molar-refractivity contribution in [2.75, 3.05) is 13.2 Å². The van der Waals surface area contributed by atoms with Gasteiger partial charge in [-0.3, -0.25) is 4.79 Å². The quantitative estimate of drug-likeness (QED) is 0.868. The molecule has 0 saturated heterocycles. The number of halogens is 3. The van der Waals surface area contributed by atoms with Crippen molar-refractivity contribution < 1.29 is 18.7 Å². The molecule has 0 spiro atoms. The van der Waals surface area contributed by atoms with Gasteiger partial charge in [-0.25, -0.2) is 8.78 Å². The predicted octanol–water partition coefficient (Wildman–Crippen LogP) is 1.63. The van der Waals surface area contributed by atoms with E-state index in [4.69, 9.17) is 5.11 Å². The van der Waals surface area contributed by atoms with Crippen LogP contribution in [-0.4, -0.2) is 34.7 Å². The van der Waals surface area contributed by atoms with E-state index in [-0.39, 0.29) is 0 Å². The van der Waals surface area contributed by atoms with Gasteiger partial charge in [-0.2, -0.15) is 0 Å². The Kier molecular flexibility index (Phi) is 4.64. The zero-order chi connectivity index (χ0) is 13.1. The van der Waals surface area contributed by atoms with E-state index in [1.165, 1.54) is 0 Å². The Hall–Kier alpha value is -0.950. The first kappa shape index (κ1) is 14.1. The number of carbonyl (C=O) groups is 1. The second-order valence-corrected chi connectivity index (χ2v) is 4.44. The first-order valence-electron chi connectivity index (χ1n) is 5.02. The van der Waals surface area contributed by atoms with Gasteiger partial charge in [0.25, 0.3) is 11.8 Å². The highest BCUT2D eigenvalue weighted by Crippen LogP contribution is 2.15. The second-order valence-electron chi connectivity index (χ2n) is 3.53. The van der Waals surface area contributed by atoms with Crippen LogP contribution in [0.4, 0.5) is 8.78 Å². The maximum absolute atomic E-state index is 12.7. The van der Waals surface area contributed by atoms with Crippen molar-refractivity contribution >= 4 is 21.8 Å². The predicted molar refractivity (Wildman–Crippen MR) is 62.2 cm³/mol. The van der Waals surface area contributed by atoms with E-state index in [1.807, 2.05) is 6.92 Å². The number of aromatic nitrogens is 1. The van der Waals surface area contributed by atoms with Gasteiger partial charge in [0.1, 0.15) is 12.3 Å². The third-order valence-corrected chi connectivity index (χ3v) is 2.61. The molecular formula is C10H13BrF2N2O2. The van der Waals surface area contributed by atoms with Crippen LogP contribution in [0.3, 0.4) is 0 Å². The molecule has 1 rings (SSSR count). The molecule has 0 aliphatic heterocycles. The van der Waals surface area contributed by atoms with Gasteiger partial charge in [-0.15, -0.1) is 0 Å². The van der Waals surface area contributed by atoms with Crippen molar-refractivity contribution in [3.05, 3.63) is 22.4 Å². The van der Waals surface area contributed by atoms with Crippen LogP contribution in [0, 0.1) is 0 Å². The van der Waals surface area contributed by atoms with Crippen LogP contribution in [0.25, 0.3) is 0 Å². The van der Waals surface area contributed by atoms with E-state index in [0.29, 0.717) is 16.7 Å². The Labute approximate surface area is 106 Å². The Morgan fingerprint density at radius 2 is 2.29 bits per heavy atom. The van der Waals surface area contributed by atoms with Crippen molar-refractivity contribution in [1.29, 1.82) is 0 Å². The number of amides is 1. The van der Waals surface area contributed by atoms with Crippen molar-refractivity contribution in [1.82, 2.24) is 9.88 Å². The lowest BCUT2D eigenvalue weighted by molar-refractivity contribution is -0.0462. The van der Waals surface area contributed by atoms with Crippen molar-refractivity contribution in [2.45, 2.75) is 19.4 Å². The summed E-state index contributed by atoms with van der Waals surface area (Å²) in [7, 11) is 0. The summed E-state index contributed by atoms with van der Waals surface area (Å²) in [4.78, 5) is 11.6. The molecule has 2 N–H and O–H groups in total. The maximum atomic E-state index is 12.7. The topological polar surface area (TPSA) is 54.3 Å². The Balaban J connectivity index is 2.70. The fourth-order valence-corrected chi connectivity index (χ4v) is 1.75. The summed E-state index contributed by atoms with van der Waals surface area (Å²) >= 11 is 3.21. The molecule has 0 aromatic carbocycles. The van der Waals surface area contributed by atoms with E-state index in [9.17, 15) is 13.6 Å². The van der Waals surface area contributed by atoms with Crippen LogP contribution in [0.2, 0.25) is 0 Å². The minimum atomic E-state index is -3.30. The third kappa shape index (κ3) is 3.78. The van der Waals surface area contributed by atoms with Gasteiger partial charge < -0.3 is 15.0 Å². The summed E-state index contributed by atoms with van der Waals surface area (Å²) < 4.78 is 27.8. The van der Waals surface area contributed by atoms with Gasteiger partial charge in [0.05, 0.1) is 6.54 Å². The Morgan fingerprint density at radius 3 is 2.82 bits per heavy atom. The van der Waals surface area contributed by atoms with Crippen LogP contribution >= 0.6 is 15.9 Å². The SMILES string of the molecule is CCn1cc(Br)cc1C(=O)NCC(F)(F)CO. The lowest BCUT2D eigenvalue weighted by atomic mass is 10.3. The van der Waals surface area contributed by atoms with Gasteiger partial charge >= 0.3 is 0 Å². The first-order valence-corrected chi connectivity index (χ1v) is 5.81.